The van der Waals surface area contributed by atoms with Crippen LogP contribution in [0.2, 0.25) is 0 Å². The highest BCUT2D eigenvalue weighted by molar-refractivity contribution is 5.90. The molecule has 1 saturated heterocycles. The maximum atomic E-state index is 10.9. The van der Waals surface area contributed by atoms with Gasteiger partial charge in [0.15, 0.2) is 0 Å². The number of rotatable bonds is 4. The standard InChI is InChI=1S/C19H25N5O/c25-14-23-10-12-24(13-11-23)19-21-17-9-5-4-8-16(17)18(22-19)20-15-6-2-1-3-7-15/h4-5,8-9,14-15H,1-3,6-7,10-13H2,(H,20,21,22). The molecule has 2 heterocycles. The third kappa shape index (κ3) is 3.52. The van der Waals surface area contributed by atoms with E-state index in [0.29, 0.717) is 6.04 Å². The molecule has 0 atom stereocenters. The lowest BCUT2D eigenvalue weighted by Gasteiger charge is -2.33. The van der Waals surface area contributed by atoms with Crippen LogP contribution >= 0.6 is 0 Å². The fraction of sp³-hybridized carbons (Fsp3) is 0.526. The van der Waals surface area contributed by atoms with Crippen LogP contribution in [0.15, 0.2) is 24.3 Å². The molecule has 1 aliphatic heterocycles. The number of piperazine rings is 1. The largest absolute Gasteiger partial charge is 0.367 e. The molecule has 1 aliphatic carbocycles. The molecule has 132 valence electrons. The monoisotopic (exact) mass is 339 g/mol. The molecule has 4 rings (SSSR count). The van der Waals surface area contributed by atoms with Gasteiger partial charge in [-0.15, -0.1) is 0 Å². The summed E-state index contributed by atoms with van der Waals surface area (Å²) in [6.45, 7) is 3.01. The Morgan fingerprint density at radius 3 is 2.52 bits per heavy atom. The number of anilines is 2. The summed E-state index contributed by atoms with van der Waals surface area (Å²) in [5.41, 5.74) is 0.976. The van der Waals surface area contributed by atoms with Gasteiger partial charge in [0.05, 0.1) is 5.52 Å². The van der Waals surface area contributed by atoms with Gasteiger partial charge in [0.1, 0.15) is 5.82 Å². The molecule has 25 heavy (non-hydrogen) atoms. The first kappa shape index (κ1) is 16.1. The van der Waals surface area contributed by atoms with Gasteiger partial charge in [-0.2, -0.15) is 4.98 Å². The van der Waals surface area contributed by atoms with Crippen molar-refractivity contribution < 1.29 is 4.79 Å². The van der Waals surface area contributed by atoms with Gasteiger partial charge in [0.2, 0.25) is 12.4 Å². The molecule has 1 aromatic carbocycles. The van der Waals surface area contributed by atoms with E-state index >= 15 is 0 Å². The number of nitrogens with zero attached hydrogens (tertiary/aromatic N) is 4. The normalized spacial score (nSPS) is 19.2. The summed E-state index contributed by atoms with van der Waals surface area (Å²) in [6.07, 6.45) is 7.28. The molecule has 0 bridgehead atoms. The Hall–Kier alpha value is -2.37. The second kappa shape index (κ2) is 7.25. The van der Waals surface area contributed by atoms with E-state index in [0.717, 1.165) is 55.3 Å². The van der Waals surface area contributed by atoms with Gasteiger partial charge >= 0.3 is 0 Å². The lowest BCUT2D eigenvalue weighted by Crippen LogP contribution is -2.46. The van der Waals surface area contributed by atoms with Crippen LogP contribution in [0.3, 0.4) is 0 Å². The van der Waals surface area contributed by atoms with Crippen LogP contribution < -0.4 is 10.2 Å². The van der Waals surface area contributed by atoms with Crippen molar-refractivity contribution in [3.63, 3.8) is 0 Å². The fourth-order valence-electron chi connectivity index (χ4n) is 3.78. The maximum absolute atomic E-state index is 10.9. The van der Waals surface area contributed by atoms with Crippen LogP contribution in [0.25, 0.3) is 10.9 Å². The molecular weight excluding hydrogens is 314 g/mol. The molecule has 6 nitrogen and oxygen atoms in total. The summed E-state index contributed by atoms with van der Waals surface area (Å²) in [5, 5.41) is 4.77. The molecule has 0 spiro atoms. The molecule has 0 radical (unpaired) electrons. The molecule has 1 aromatic heterocycles. The van der Waals surface area contributed by atoms with E-state index < -0.39 is 0 Å². The topological polar surface area (TPSA) is 61.4 Å². The van der Waals surface area contributed by atoms with E-state index in [1.54, 1.807) is 4.90 Å². The Morgan fingerprint density at radius 1 is 1.00 bits per heavy atom. The average Bonchev–Trinajstić information content (AvgIpc) is 2.69. The van der Waals surface area contributed by atoms with Crippen molar-refractivity contribution >= 4 is 29.1 Å². The number of carbonyl (C=O) groups is 1. The minimum absolute atomic E-state index is 0.506. The molecule has 2 fully saturated rings. The lowest BCUT2D eigenvalue weighted by molar-refractivity contribution is -0.118. The van der Waals surface area contributed by atoms with Gasteiger partial charge in [0, 0.05) is 37.6 Å². The number of carbonyl (C=O) groups excluding carboxylic acids is 1. The van der Waals surface area contributed by atoms with Gasteiger partial charge in [-0.25, -0.2) is 4.98 Å². The first-order valence-electron chi connectivity index (χ1n) is 9.31. The van der Waals surface area contributed by atoms with Crippen LogP contribution in [0, 0.1) is 0 Å². The highest BCUT2D eigenvalue weighted by Crippen LogP contribution is 2.27. The smallest absolute Gasteiger partial charge is 0.228 e. The van der Waals surface area contributed by atoms with E-state index in [1.165, 1.54) is 32.1 Å². The van der Waals surface area contributed by atoms with Crippen molar-refractivity contribution in [3.8, 4) is 0 Å². The first-order valence-corrected chi connectivity index (χ1v) is 9.31. The van der Waals surface area contributed by atoms with Crippen molar-refractivity contribution in [1.29, 1.82) is 0 Å². The van der Waals surface area contributed by atoms with Crippen LogP contribution in [0.5, 0.6) is 0 Å². The number of para-hydroxylation sites is 1. The molecule has 1 N–H and O–H groups in total. The summed E-state index contributed by atoms with van der Waals surface area (Å²) >= 11 is 0. The molecular formula is C19H25N5O. The number of hydrogen-bond donors (Lipinski definition) is 1. The van der Waals surface area contributed by atoms with Gasteiger partial charge in [-0.3, -0.25) is 4.79 Å². The Kier molecular flexibility index (Phi) is 4.68. The zero-order valence-corrected chi connectivity index (χ0v) is 14.5. The van der Waals surface area contributed by atoms with Crippen molar-refractivity contribution in [2.45, 2.75) is 38.1 Å². The van der Waals surface area contributed by atoms with Crippen molar-refractivity contribution in [3.05, 3.63) is 24.3 Å². The number of nitrogens with one attached hydrogen (secondary N) is 1. The van der Waals surface area contributed by atoms with Gasteiger partial charge in [-0.05, 0) is 25.0 Å². The number of aromatic nitrogens is 2. The van der Waals surface area contributed by atoms with E-state index in [1.807, 2.05) is 18.2 Å². The number of fused-ring (bicyclic) bond motifs is 1. The van der Waals surface area contributed by atoms with E-state index in [2.05, 4.69) is 16.3 Å². The van der Waals surface area contributed by atoms with Crippen molar-refractivity contribution in [2.75, 3.05) is 36.4 Å². The van der Waals surface area contributed by atoms with Crippen LogP contribution in [0.4, 0.5) is 11.8 Å². The van der Waals surface area contributed by atoms with Crippen LogP contribution in [0.1, 0.15) is 32.1 Å². The second-order valence-corrected chi connectivity index (χ2v) is 7.00. The molecule has 6 heteroatoms. The van der Waals surface area contributed by atoms with Crippen molar-refractivity contribution in [1.82, 2.24) is 14.9 Å². The first-order chi connectivity index (χ1) is 12.3. The number of hydrogen-bond acceptors (Lipinski definition) is 5. The SMILES string of the molecule is O=CN1CCN(c2nc(NC3CCCCC3)c3ccccc3n2)CC1. The Morgan fingerprint density at radius 2 is 1.76 bits per heavy atom. The van der Waals surface area contributed by atoms with Gasteiger partial charge in [-0.1, -0.05) is 31.4 Å². The highest BCUT2D eigenvalue weighted by atomic mass is 16.1. The quantitative estimate of drug-likeness (QED) is 0.868. The molecule has 0 unspecified atom stereocenters. The minimum atomic E-state index is 0.506. The molecule has 2 aliphatic rings. The average molecular weight is 339 g/mol. The summed E-state index contributed by atoms with van der Waals surface area (Å²) in [7, 11) is 0. The van der Waals surface area contributed by atoms with Crippen LogP contribution in [-0.2, 0) is 4.79 Å². The minimum Gasteiger partial charge on any atom is -0.367 e. The predicted octanol–water partition coefficient (Wildman–Crippen LogP) is 2.65. The summed E-state index contributed by atoms with van der Waals surface area (Å²) in [4.78, 5) is 24.5. The molecule has 1 saturated carbocycles. The highest BCUT2D eigenvalue weighted by Gasteiger charge is 2.21. The predicted molar refractivity (Wildman–Crippen MR) is 99.9 cm³/mol. The molecule has 2 aromatic rings. The second-order valence-electron chi connectivity index (χ2n) is 7.00. The number of benzene rings is 1. The van der Waals surface area contributed by atoms with E-state index in [4.69, 9.17) is 9.97 Å². The van der Waals surface area contributed by atoms with E-state index in [-0.39, 0.29) is 0 Å². The third-order valence-electron chi connectivity index (χ3n) is 5.28. The van der Waals surface area contributed by atoms with Gasteiger partial charge < -0.3 is 15.1 Å². The zero-order valence-electron chi connectivity index (χ0n) is 14.5. The van der Waals surface area contributed by atoms with Crippen LogP contribution in [-0.4, -0.2) is 53.5 Å². The Bertz CT molecular complexity index is 736. The summed E-state index contributed by atoms with van der Waals surface area (Å²) < 4.78 is 0. The van der Waals surface area contributed by atoms with Gasteiger partial charge in [0.25, 0.3) is 0 Å². The Balaban J connectivity index is 1.62. The fourth-order valence-corrected chi connectivity index (χ4v) is 3.78. The number of amides is 1. The summed E-state index contributed by atoms with van der Waals surface area (Å²) in [6, 6.07) is 8.71. The Labute approximate surface area is 148 Å². The summed E-state index contributed by atoms with van der Waals surface area (Å²) in [5.74, 6) is 1.72. The zero-order chi connectivity index (χ0) is 17.1. The maximum Gasteiger partial charge on any atom is 0.228 e. The van der Waals surface area contributed by atoms with E-state index in [9.17, 15) is 4.79 Å². The molecule has 1 amide bonds. The lowest BCUT2D eigenvalue weighted by atomic mass is 9.95. The third-order valence-corrected chi connectivity index (χ3v) is 5.28. The van der Waals surface area contributed by atoms with Crippen molar-refractivity contribution in [2.24, 2.45) is 0 Å².